The number of carbonyl (C=O) groups excluding carboxylic acids is 1. The maximum atomic E-state index is 12.6. The number of pyridine rings is 1. The number of carbonyl (C=O) groups is 1. The summed E-state index contributed by atoms with van der Waals surface area (Å²) in [6.45, 7) is 0.864. The summed E-state index contributed by atoms with van der Waals surface area (Å²) in [6, 6.07) is 7.92. The molecule has 2 rings (SSSR count). The Labute approximate surface area is 153 Å². The summed E-state index contributed by atoms with van der Waals surface area (Å²) in [5, 5.41) is 0.564. The second-order valence-corrected chi connectivity index (χ2v) is 5.78. The van der Waals surface area contributed by atoms with Crippen LogP contribution < -0.4 is 4.74 Å². The van der Waals surface area contributed by atoms with Gasteiger partial charge in [0.15, 0.2) is 0 Å². The summed E-state index contributed by atoms with van der Waals surface area (Å²) >= 11 is 5.87. The standard InChI is InChI=1S/C18H14ClF3N2O2/c1-12(18(20,21)22)24(2)17(25)26-16-9-8-14(11-23-16)7-6-13-4-3-5-15(19)10-13/h3-5,8-12H,1-2H3. The Bertz CT molecular complexity index is 842. The molecule has 0 fully saturated rings. The van der Waals surface area contributed by atoms with E-state index in [2.05, 4.69) is 16.8 Å². The minimum Gasteiger partial charge on any atom is -0.391 e. The molecule has 0 bridgehead atoms. The van der Waals surface area contributed by atoms with Crippen molar-refractivity contribution in [2.24, 2.45) is 0 Å². The molecule has 4 nitrogen and oxygen atoms in total. The van der Waals surface area contributed by atoms with E-state index in [-0.39, 0.29) is 5.88 Å². The van der Waals surface area contributed by atoms with Gasteiger partial charge in [0.25, 0.3) is 0 Å². The summed E-state index contributed by atoms with van der Waals surface area (Å²) in [4.78, 5) is 16.1. The highest BCUT2D eigenvalue weighted by Crippen LogP contribution is 2.24. The number of amides is 1. The minimum atomic E-state index is -4.54. The van der Waals surface area contributed by atoms with Gasteiger partial charge in [0.2, 0.25) is 5.88 Å². The first kappa shape index (κ1) is 19.6. The van der Waals surface area contributed by atoms with Crippen molar-refractivity contribution in [2.45, 2.75) is 19.1 Å². The number of ether oxygens (including phenoxy) is 1. The van der Waals surface area contributed by atoms with Crippen molar-refractivity contribution < 1.29 is 22.7 Å². The van der Waals surface area contributed by atoms with Crippen LogP contribution in [0.25, 0.3) is 0 Å². The molecular weight excluding hydrogens is 369 g/mol. The van der Waals surface area contributed by atoms with Crippen molar-refractivity contribution in [3.8, 4) is 17.7 Å². The van der Waals surface area contributed by atoms with Crippen LogP contribution in [0, 0.1) is 11.8 Å². The van der Waals surface area contributed by atoms with Gasteiger partial charge in [-0.3, -0.25) is 4.90 Å². The molecule has 1 heterocycles. The van der Waals surface area contributed by atoms with Gasteiger partial charge in [0, 0.05) is 35.5 Å². The average molecular weight is 383 g/mol. The fourth-order valence-corrected chi connectivity index (χ4v) is 1.95. The molecule has 0 aliphatic rings. The molecule has 136 valence electrons. The van der Waals surface area contributed by atoms with Crippen LogP contribution in [0.5, 0.6) is 5.88 Å². The molecule has 8 heteroatoms. The van der Waals surface area contributed by atoms with E-state index < -0.39 is 18.3 Å². The molecule has 1 amide bonds. The van der Waals surface area contributed by atoms with Crippen LogP contribution in [0.2, 0.25) is 5.02 Å². The highest BCUT2D eigenvalue weighted by atomic mass is 35.5. The van der Waals surface area contributed by atoms with E-state index in [0.717, 1.165) is 19.5 Å². The molecular formula is C18H14ClF3N2O2. The summed E-state index contributed by atoms with van der Waals surface area (Å²) in [5.74, 6) is 5.63. The molecule has 1 aromatic carbocycles. The molecule has 0 aliphatic carbocycles. The van der Waals surface area contributed by atoms with E-state index in [1.54, 1.807) is 30.3 Å². The molecule has 1 atom stereocenters. The van der Waals surface area contributed by atoms with E-state index in [1.165, 1.54) is 12.3 Å². The van der Waals surface area contributed by atoms with Gasteiger partial charge in [-0.1, -0.05) is 29.5 Å². The lowest BCUT2D eigenvalue weighted by Crippen LogP contribution is -2.45. The quantitative estimate of drug-likeness (QED) is 0.717. The number of halogens is 4. The Kier molecular flexibility index (Phi) is 6.11. The van der Waals surface area contributed by atoms with Gasteiger partial charge in [0.1, 0.15) is 6.04 Å². The van der Waals surface area contributed by atoms with Gasteiger partial charge >= 0.3 is 12.3 Å². The average Bonchev–Trinajstić information content (AvgIpc) is 2.59. The van der Waals surface area contributed by atoms with Crippen molar-refractivity contribution in [1.82, 2.24) is 9.88 Å². The van der Waals surface area contributed by atoms with Gasteiger partial charge in [0.05, 0.1) is 0 Å². The SMILES string of the molecule is CC(N(C)C(=O)Oc1ccc(C#Cc2cccc(Cl)c2)cn1)C(F)(F)F. The first-order valence-corrected chi connectivity index (χ1v) is 7.79. The zero-order valence-electron chi connectivity index (χ0n) is 13.8. The van der Waals surface area contributed by atoms with Crippen LogP contribution in [0.3, 0.4) is 0 Å². The van der Waals surface area contributed by atoms with Crippen molar-refractivity contribution in [3.63, 3.8) is 0 Å². The monoisotopic (exact) mass is 382 g/mol. The normalized spacial score (nSPS) is 11.9. The van der Waals surface area contributed by atoms with Crippen molar-refractivity contribution in [3.05, 3.63) is 58.7 Å². The number of hydrogen-bond acceptors (Lipinski definition) is 3. The number of aromatic nitrogens is 1. The van der Waals surface area contributed by atoms with Crippen LogP contribution in [0.4, 0.5) is 18.0 Å². The highest BCUT2D eigenvalue weighted by Gasteiger charge is 2.41. The van der Waals surface area contributed by atoms with Gasteiger partial charge in [-0.15, -0.1) is 0 Å². The van der Waals surface area contributed by atoms with Crippen molar-refractivity contribution in [1.29, 1.82) is 0 Å². The van der Waals surface area contributed by atoms with E-state index in [0.29, 0.717) is 15.5 Å². The Hall–Kier alpha value is -2.72. The third-order valence-electron chi connectivity index (χ3n) is 3.45. The Morgan fingerprint density at radius 2 is 1.92 bits per heavy atom. The molecule has 26 heavy (non-hydrogen) atoms. The number of hydrogen-bond donors (Lipinski definition) is 0. The summed E-state index contributed by atoms with van der Waals surface area (Å²) in [7, 11) is 1.01. The second kappa shape index (κ2) is 8.11. The molecule has 2 aromatic rings. The molecule has 1 unspecified atom stereocenters. The summed E-state index contributed by atoms with van der Waals surface area (Å²) in [6.07, 6.45) is -4.34. The first-order valence-electron chi connectivity index (χ1n) is 7.42. The van der Waals surface area contributed by atoms with Crippen LogP contribution in [0.15, 0.2) is 42.6 Å². The maximum Gasteiger partial charge on any atom is 0.416 e. The van der Waals surface area contributed by atoms with Crippen LogP contribution in [0.1, 0.15) is 18.1 Å². The second-order valence-electron chi connectivity index (χ2n) is 5.34. The Morgan fingerprint density at radius 1 is 1.23 bits per heavy atom. The van der Waals surface area contributed by atoms with E-state index in [1.807, 2.05) is 0 Å². The molecule has 0 aliphatic heterocycles. The van der Waals surface area contributed by atoms with Crippen LogP contribution >= 0.6 is 11.6 Å². The van der Waals surface area contributed by atoms with Gasteiger partial charge in [-0.25, -0.2) is 9.78 Å². The molecule has 0 radical (unpaired) electrons. The molecule has 1 aromatic heterocycles. The molecule has 0 saturated heterocycles. The lowest BCUT2D eigenvalue weighted by Gasteiger charge is -2.25. The van der Waals surface area contributed by atoms with Gasteiger partial charge in [-0.05, 0) is 31.2 Å². The summed E-state index contributed by atoms with van der Waals surface area (Å²) < 4.78 is 42.7. The first-order chi connectivity index (χ1) is 12.2. The lowest BCUT2D eigenvalue weighted by molar-refractivity contribution is -0.169. The predicted octanol–water partition coefficient (Wildman–Crippen LogP) is 4.52. The third-order valence-corrected chi connectivity index (χ3v) is 3.68. The van der Waals surface area contributed by atoms with Crippen LogP contribution in [-0.4, -0.2) is 35.2 Å². The topological polar surface area (TPSA) is 42.4 Å². The van der Waals surface area contributed by atoms with Crippen molar-refractivity contribution >= 4 is 17.7 Å². The maximum absolute atomic E-state index is 12.6. The molecule has 0 spiro atoms. The molecule has 0 N–H and O–H groups in total. The number of benzene rings is 1. The fraction of sp³-hybridized carbons (Fsp3) is 0.222. The number of rotatable bonds is 2. The summed E-state index contributed by atoms with van der Waals surface area (Å²) in [5.41, 5.74) is 1.26. The largest absolute Gasteiger partial charge is 0.416 e. The molecule has 0 saturated carbocycles. The Balaban J connectivity index is 2.03. The van der Waals surface area contributed by atoms with Crippen LogP contribution in [-0.2, 0) is 0 Å². The number of alkyl halides is 3. The minimum absolute atomic E-state index is 0.121. The van der Waals surface area contributed by atoms with E-state index in [9.17, 15) is 18.0 Å². The Morgan fingerprint density at radius 3 is 2.50 bits per heavy atom. The van der Waals surface area contributed by atoms with Gasteiger partial charge < -0.3 is 4.74 Å². The smallest absolute Gasteiger partial charge is 0.391 e. The highest BCUT2D eigenvalue weighted by molar-refractivity contribution is 6.30. The zero-order valence-corrected chi connectivity index (χ0v) is 14.6. The lowest BCUT2D eigenvalue weighted by atomic mass is 10.2. The predicted molar refractivity (Wildman–Crippen MR) is 91.0 cm³/mol. The van der Waals surface area contributed by atoms with E-state index >= 15 is 0 Å². The third kappa shape index (κ3) is 5.39. The zero-order chi connectivity index (χ0) is 19.3. The van der Waals surface area contributed by atoms with Crippen molar-refractivity contribution in [2.75, 3.05) is 7.05 Å². The fourth-order valence-electron chi connectivity index (χ4n) is 1.76. The van der Waals surface area contributed by atoms with Gasteiger partial charge in [-0.2, -0.15) is 13.2 Å². The van der Waals surface area contributed by atoms with E-state index in [4.69, 9.17) is 16.3 Å². The number of nitrogens with zero attached hydrogens (tertiary/aromatic N) is 2.